The molecule has 19 heavy (non-hydrogen) atoms. The van der Waals surface area contributed by atoms with Crippen LogP contribution in [0.2, 0.25) is 5.02 Å². The average molecular weight is 306 g/mol. The summed E-state index contributed by atoms with van der Waals surface area (Å²) < 4.78 is 26.7. The second-order valence-electron chi connectivity index (χ2n) is 4.63. The number of hydrogen-bond acceptors (Lipinski definition) is 3. The first kappa shape index (κ1) is 16.4. The number of sulfonamides is 1. The summed E-state index contributed by atoms with van der Waals surface area (Å²) in [5.74, 6) is 0. The third-order valence-electron chi connectivity index (χ3n) is 2.78. The summed E-state index contributed by atoms with van der Waals surface area (Å²) in [4.78, 5) is 0.0582. The lowest BCUT2D eigenvalue weighted by Crippen LogP contribution is -2.37. The van der Waals surface area contributed by atoms with Crippen LogP contribution in [-0.4, -0.2) is 30.4 Å². The number of nitrogens with zero attached hydrogens (tertiary/aromatic N) is 1. The molecule has 4 nitrogen and oxygen atoms in total. The monoisotopic (exact) mass is 305 g/mol. The Kier molecular flexibility index (Phi) is 5.80. The average Bonchev–Trinajstić information content (AvgIpc) is 2.35. The zero-order valence-corrected chi connectivity index (χ0v) is 13.0. The maximum absolute atomic E-state index is 12.6. The molecule has 1 rings (SSSR count). The second-order valence-corrected chi connectivity index (χ2v) is 6.90. The molecular weight excluding hydrogens is 286 g/mol. The van der Waals surface area contributed by atoms with Gasteiger partial charge in [0.25, 0.3) is 0 Å². The van der Waals surface area contributed by atoms with E-state index in [9.17, 15) is 8.42 Å². The van der Waals surface area contributed by atoms with Gasteiger partial charge in [-0.1, -0.05) is 24.6 Å². The van der Waals surface area contributed by atoms with Crippen LogP contribution in [0.3, 0.4) is 0 Å². The molecule has 0 bridgehead atoms. The quantitative estimate of drug-likeness (QED) is 0.879. The minimum Gasteiger partial charge on any atom is -0.392 e. The van der Waals surface area contributed by atoms with Crippen molar-refractivity contribution >= 4 is 21.6 Å². The van der Waals surface area contributed by atoms with Gasteiger partial charge in [0.2, 0.25) is 10.0 Å². The predicted octanol–water partition coefficient (Wildman–Crippen LogP) is 2.64. The number of hydrogen-bond donors (Lipinski definition) is 1. The molecule has 0 aliphatic rings. The Morgan fingerprint density at radius 1 is 1.37 bits per heavy atom. The van der Waals surface area contributed by atoms with E-state index in [1.165, 1.54) is 16.4 Å². The largest absolute Gasteiger partial charge is 0.392 e. The van der Waals surface area contributed by atoms with Crippen LogP contribution in [0.4, 0.5) is 0 Å². The molecule has 0 spiro atoms. The summed E-state index contributed by atoms with van der Waals surface area (Å²) in [5.41, 5.74) is 0.531. The number of aliphatic hydroxyl groups excluding tert-OH is 1. The van der Waals surface area contributed by atoms with Crippen molar-refractivity contribution in [3.05, 3.63) is 28.8 Å². The summed E-state index contributed by atoms with van der Waals surface area (Å²) in [6.45, 7) is 5.82. The van der Waals surface area contributed by atoms with Gasteiger partial charge in [0.05, 0.1) is 11.6 Å². The van der Waals surface area contributed by atoms with Crippen LogP contribution < -0.4 is 0 Å². The van der Waals surface area contributed by atoms with Crippen molar-refractivity contribution in [2.75, 3.05) is 6.54 Å². The first-order valence-electron chi connectivity index (χ1n) is 6.25. The van der Waals surface area contributed by atoms with Gasteiger partial charge in [-0.3, -0.25) is 0 Å². The van der Waals surface area contributed by atoms with E-state index in [0.717, 1.165) is 6.42 Å². The summed E-state index contributed by atoms with van der Waals surface area (Å²) >= 11 is 6.00. The predicted molar refractivity (Wildman–Crippen MR) is 76.7 cm³/mol. The van der Waals surface area contributed by atoms with E-state index in [1.54, 1.807) is 6.07 Å². The first-order chi connectivity index (χ1) is 8.84. The molecule has 0 heterocycles. The van der Waals surface area contributed by atoms with Crippen LogP contribution in [0.15, 0.2) is 23.1 Å². The Labute approximate surface area is 120 Å². The smallest absolute Gasteiger partial charge is 0.244 e. The minimum atomic E-state index is -3.64. The third-order valence-corrected chi connectivity index (χ3v) is 5.34. The summed E-state index contributed by atoms with van der Waals surface area (Å²) in [7, 11) is -3.64. The van der Waals surface area contributed by atoms with Crippen molar-refractivity contribution in [1.29, 1.82) is 0 Å². The van der Waals surface area contributed by atoms with Crippen molar-refractivity contribution in [2.45, 2.75) is 44.7 Å². The molecule has 0 saturated carbocycles. The highest BCUT2D eigenvalue weighted by Crippen LogP contribution is 2.27. The molecule has 0 atom stereocenters. The van der Waals surface area contributed by atoms with Crippen molar-refractivity contribution in [3.63, 3.8) is 0 Å². The van der Waals surface area contributed by atoms with Gasteiger partial charge in [-0.05, 0) is 38.0 Å². The van der Waals surface area contributed by atoms with Crippen molar-refractivity contribution in [3.8, 4) is 0 Å². The topological polar surface area (TPSA) is 57.6 Å². The Morgan fingerprint density at radius 3 is 2.47 bits per heavy atom. The van der Waals surface area contributed by atoms with E-state index in [2.05, 4.69) is 0 Å². The van der Waals surface area contributed by atoms with E-state index in [-0.39, 0.29) is 22.6 Å². The molecule has 0 aliphatic carbocycles. The van der Waals surface area contributed by atoms with Crippen LogP contribution in [0.25, 0.3) is 0 Å². The highest BCUT2D eigenvalue weighted by atomic mass is 35.5. The number of halogens is 1. The molecule has 0 unspecified atom stereocenters. The van der Waals surface area contributed by atoms with Gasteiger partial charge >= 0.3 is 0 Å². The zero-order valence-electron chi connectivity index (χ0n) is 11.4. The molecule has 0 saturated heterocycles. The van der Waals surface area contributed by atoms with Gasteiger partial charge in [-0.25, -0.2) is 8.42 Å². The highest BCUT2D eigenvalue weighted by Gasteiger charge is 2.28. The normalized spacial score (nSPS) is 12.4. The fraction of sp³-hybridized carbons (Fsp3) is 0.538. The second kappa shape index (κ2) is 6.70. The fourth-order valence-corrected chi connectivity index (χ4v) is 4.10. The molecule has 1 aromatic rings. The summed E-state index contributed by atoms with van der Waals surface area (Å²) in [6, 6.07) is 4.41. The summed E-state index contributed by atoms with van der Waals surface area (Å²) in [6.07, 6.45) is 0.731. The zero-order chi connectivity index (χ0) is 14.6. The van der Waals surface area contributed by atoms with Crippen molar-refractivity contribution in [2.24, 2.45) is 0 Å². The van der Waals surface area contributed by atoms with E-state index in [0.29, 0.717) is 12.1 Å². The van der Waals surface area contributed by atoms with Crippen LogP contribution in [0.1, 0.15) is 32.8 Å². The molecule has 0 aromatic heterocycles. The van der Waals surface area contributed by atoms with Crippen LogP contribution in [0, 0.1) is 0 Å². The Balaban J connectivity index is 3.32. The van der Waals surface area contributed by atoms with E-state index >= 15 is 0 Å². The van der Waals surface area contributed by atoms with E-state index in [1.807, 2.05) is 20.8 Å². The Hall–Kier alpha value is -0.620. The molecule has 6 heteroatoms. The van der Waals surface area contributed by atoms with E-state index < -0.39 is 10.0 Å². The van der Waals surface area contributed by atoms with Gasteiger partial charge in [-0.15, -0.1) is 0 Å². The highest BCUT2D eigenvalue weighted by molar-refractivity contribution is 7.89. The van der Waals surface area contributed by atoms with Gasteiger partial charge in [-0.2, -0.15) is 4.31 Å². The molecule has 1 aromatic carbocycles. The van der Waals surface area contributed by atoms with Crippen LogP contribution in [0.5, 0.6) is 0 Å². The molecule has 108 valence electrons. The van der Waals surface area contributed by atoms with Crippen LogP contribution >= 0.6 is 11.6 Å². The standard InChI is InChI=1S/C13H20ClNO3S/c1-4-7-15(10(2)3)19(17,18)13-8-11(9-16)5-6-12(13)14/h5-6,8,10,16H,4,7,9H2,1-3H3. The maximum atomic E-state index is 12.6. The van der Waals surface area contributed by atoms with Gasteiger partial charge in [0.15, 0.2) is 0 Å². The molecule has 0 aliphatic heterocycles. The first-order valence-corrected chi connectivity index (χ1v) is 8.07. The third kappa shape index (κ3) is 3.69. The van der Waals surface area contributed by atoms with Gasteiger partial charge < -0.3 is 5.11 Å². The summed E-state index contributed by atoms with van der Waals surface area (Å²) in [5, 5.41) is 9.30. The van der Waals surface area contributed by atoms with Gasteiger partial charge in [0, 0.05) is 12.6 Å². The fourth-order valence-electron chi connectivity index (χ4n) is 1.85. The molecule has 0 amide bonds. The number of benzene rings is 1. The van der Waals surface area contributed by atoms with Crippen molar-refractivity contribution in [1.82, 2.24) is 4.31 Å². The number of rotatable bonds is 6. The molecule has 0 fully saturated rings. The SMILES string of the molecule is CCCN(C(C)C)S(=O)(=O)c1cc(CO)ccc1Cl. The van der Waals surface area contributed by atoms with Gasteiger partial charge in [0.1, 0.15) is 4.90 Å². The number of aliphatic hydroxyl groups is 1. The van der Waals surface area contributed by atoms with Crippen molar-refractivity contribution < 1.29 is 13.5 Å². The molecule has 1 N–H and O–H groups in total. The van der Waals surface area contributed by atoms with Crippen LogP contribution in [-0.2, 0) is 16.6 Å². The Bertz CT molecular complexity index is 529. The minimum absolute atomic E-state index is 0.0582. The lowest BCUT2D eigenvalue weighted by atomic mass is 10.2. The van der Waals surface area contributed by atoms with E-state index in [4.69, 9.17) is 16.7 Å². The molecular formula is C13H20ClNO3S. The lowest BCUT2D eigenvalue weighted by molar-refractivity contribution is 0.281. The lowest BCUT2D eigenvalue weighted by Gasteiger charge is -2.26. The maximum Gasteiger partial charge on any atom is 0.244 e. The Morgan fingerprint density at radius 2 is 2.00 bits per heavy atom. The molecule has 0 radical (unpaired) electrons.